The van der Waals surface area contributed by atoms with Crippen LogP contribution in [0.1, 0.15) is 23.7 Å². The van der Waals surface area contributed by atoms with E-state index in [9.17, 15) is 9.59 Å². The third-order valence-electron chi connectivity index (χ3n) is 4.15. The molecule has 2 heterocycles. The zero-order valence-corrected chi connectivity index (χ0v) is 13.2. The Morgan fingerprint density at radius 2 is 2.13 bits per heavy atom. The molecule has 1 aromatic heterocycles. The van der Waals surface area contributed by atoms with Crippen molar-refractivity contribution in [2.75, 3.05) is 19.7 Å². The van der Waals surface area contributed by atoms with E-state index < -0.39 is 12.0 Å². The van der Waals surface area contributed by atoms with Crippen LogP contribution in [0.3, 0.4) is 0 Å². The summed E-state index contributed by atoms with van der Waals surface area (Å²) < 4.78 is 7.42. The van der Waals surface area contributed by atoms with Crippen LogP contribution in [0, 0.1) is 0 Å². The minimum Gasteiger partial charge on any atom is -0.367 e. The minimum atomic E-state index is -0.725. The Kier molecular flexibility index (Phi) is 4.34. The van der Waals surface area contributed by atoms with E-state index >= 15 is 0 Å². The smallest absolute Gasteiger partial charge is 0.256 e. The standard InChI is InChI=1S/C17H21N3O3/c1-2-7-19-10-13(12-5-3-4-6-14(12)19)17(22)20-8-9-23-15(11-20)16(18)21/h3-6,10,15H,2,7-9,11H2,1H3,(H2,18,21)/t15-/m1/s1. The maximum atomic E-state index is 12.9. The number of morpholine rings is 1. The summed E-state index contributed by atoms with van der Waals surface area (Å²) in [5.74, 6) is -0.610. The normalized spacial score (nSPS) is 18.3. The average Bonchev–Trinajstić information content (AvgIpc) is 2.94. The number of hydrogen-bond donors (Lipinski definition) is 1. The molecule has 2 amide bonds. The van der Waals surface area contributed by atoms with Crippen molar-refractivity contribution in [3.05, 3.63) is 36.0 Å². The molecule has 1 saturated heterocycles. The van der Waals surface area contributed by atoms with Gasteiger partial charge in [-0.3, -0.25) is 9.59 Å². The van der Waals surface area contributed by atoms with Crippen LogP contribution < -0.4 is 5.73 Å². The molecule has 2 aromatic rings. The number of para-hydroxylation sites is 1. The van der Waals surface area contributed by atoms with E-state index in [1.165, 1.54) is 0 Å². The molecule has 6 heteroatoms. The number of benzene rings is 1. The van der Waals surface area contributed by atoms with Crippen LogP contribution in [0.2, 0.25) is 0 Å². The number of carbonyl (C=O) groups excluding carboxylic acids is 2. The lowest BCUT2D eigenvalue weighted by Crippen LogP contribution is -2.50. The fourth-order valence-electron chi connectivity index (χ4n) is 3.02. The maximum Gasteiger partial charge on any atom is 0.256 e. The number of nitrogens with two attached hydrogens (primary N) is 1. The molecular weight excluding hydrogens is 294 g/mol. The number of amides is 2. The van der Waals surface area contributed by atoms with Crippen molar-refractivity contribution in [2.45, 2.75) is 26.0 Å². The van der Waals surface area contributed by atoms with Crippen molar-refractivity contribution in [3.63, 3.8) is 0 Å². The van der Waals surface area contributed by atoms with Gasteiger partial charge in [-0.25, -0.2) is 0 Å². The highest BCUT2D eigenvalue weighted by molar-refractivity contribution is 6.07. The molecule has 0 radical (unpaired) electrons. The average molecular weight is 315 g/mol. The van der Waals surface area contributed by atoms with Crippen molar-refractivity contribution in [1.82, 2.24) is 9.47 Å². The van der Waals surface area contributed by atoms with Gasteiger partial charge in [0.05, 0.1) is 18.7 Å². The number of fused-ring (bicyclic) bond motifs is 1. The summed E-state index contributed by atoms with van der Waals surface area (Å²) in [4.78, 5) is 25.9. The number of nitrogens with zero attached hydrogens (tertiary/aromatic N) is 2. The largest absolute Gasteiger partial charge is 0.367 e. The van der Waals surface area contributed by atoms with Gasteiger partial charge in [-0.1, -0.05) is 25.1 Å². The molecule has 0 saturated carbocycles. The summed E-state index contributed by atoms with van der Waals surface area (Å²) in [7, 11) is 0. The van der Waals surface area contributed by atoms with Gasteiger partial charge >= 0.3 is 0 Å². The van der Waals surface area contributed by atoms with Crippen LogP contribution in [-0.2, 0) is 16.1 Å². The van der Waals surface area contributed by atoms with E-state index in [1.54, 1.807) is 4.90 Å². The fourth-order valence-corrected chi connectivity index (χ4v) is 3.02. The summed E-state index contributed by atoms with van der Waals surface area (Å²) in [5.41, 5.74) is 7.02. The van der Waals surface area contributed by atoms with Crippen molar-refractivity contribution in [3.8, 4) is 0 Å². The summed E-state index contributed by atoms with van der Waals surface area (Å²) in [6, 6.07) is 7.88. The number of primary amides is 1. The number of carbonyl (C=O) groups is 2. The first kappa shape index (κ1) is 15.6. The molecule has 2 N–H and O–H groups in total. The molecule has 0 unspecified atom stereocenters. The number of aryl methyl sites for hydroxylation is 1. The van der Waals surface area contributed by atoms with E-state index in [0.717, 1.165) is 23.9 Å². The first-order valence-corrected chi connectivity index (χ1v) is 7.90. The van der Waals surface area contributed by atoms with Crippen LogP contribution in [-0.4, -0.2) is 47.1 Å². The predicted molar refractivity (Wildman–Crippen MR) is 87.1 cm³/mol. The second kappa shape index (κ2) is 6.42. The number of aromatic nitrogens is 1. The molecule has 0 bridgehead atoms. The lowest BCUT2D eigenvalue weighted by molar-refractivity contribution is -0.133. The zero-order valence-electron chi connectivity index (χ0n) is 13.2. The van der Waals surface area contributed by atoms with Crippen molar-refractivity contribution >= 4 is 22.7 Å². The molecule has 23 heavy (non-hydrogen) atoms. The SMILES string of the molecule is CCCn1cc(C(=O)N2CCO[C@@H](C(N)=O)C2)c2ccccc21. The highest BCUT2D eigenvalue weighted by Crippen LogP contribution is 2.24. The van der Waals surface area contributed by atoms with Gasteiger partial charge in [0.25, 0.3) is 5.91 Å². The third-order valence-corrected chi connectivity index (χ3v) is 4.15. The second-order valence-corrected chi connectivity index (χ2v) is 5.77. The van der Waals surface area contributed by atoms with Crippen molar-refractivity contribution in [1.29, 1.82) is 0 Å². The van der Waals surface area contributed by atoms with E-state index in [0.29, 0.717) is 18.7 Å². The van der Waals surface area contributed by atoms with Crippen LogP contribution in [0.4, 0.5) is 0 Å². The van der Waals surface area contributed by atoms with Gasteiger partial charge in [0.15, 0.2) is 6.10 Å². The van der Waals surface area contributed by atoms with Crippen LogP contribution in [0.25, 0.3) is 10.9 Å². The molecule has 1 aliphatic rings. The second-order valence-electron chi connectivity index (χ2n) is 5.77. The van der Waals surface area contributed by atoms with E-state index in [2.05, 4.69) is 11.5 Å². The summed E-state index contributed by atoms with van der Waals surface area (Å²) in [6.07, 6.45) is 2.18. The Morgan fingerprint density at radius 1 is 1.35 bits per heavy atom. The molecule has 1 aromatic carbocycles. The van der Waals surface area contributed by atoms with Gasteiger partial charge in [0.1, 0.15) is 0 Å². The Labute approximate surface area is 134 Å². The van der Waals surface area contributed by atoms with Crippen LogP contribution in [0.15, 0.2) is 30.5 Å². The summed E-state index contributed by atoms with van der Waals surface area (Å²) >= 11 is 0. The Bertz CT molecular complexity index is 738. The molecule has 1 aliphatic heterocycles. The van der Waals surface area contributed by atoms with Crippen LogP contribution in [0.5, 0.6) is 0 Å². The van der Waals surface area contributed by atoms with E-state index in [-0.39, 0.29) is 12.5 Å². The maximum absolute atomic E-state index is 12.9. The summed E-state index contributed by atoms with van der Waals surface area (Å²) in [5, 5.41) is 0.938. The first-order chi connectivity index (χ1) is 11.1. The Hall–Kier alpha value is -2.34. The van der Waals surface area contributed by atoms with Gasteiger partial charge in [-0.05, 0) is 12.5 Å². The number of ether oxygens (including phenoxy) is 1. The van der Waals surface area contributed by atoms with Crippen molar-refractivity contribution in [2.24, 2.45) is 5.73 Å². The lowest BCUT2D eigenvalue weighted by Gasteiger charge is -2.31. The van der Waals surface area contributed by atoms with E-state index in [1.807, 2.05) is 30.5 Å². The van der Waals surface area contributed by atoms with Gasteiger partial charge < -0.3 is 19.9 Å². The molecule has 1 atom stereocenters. The van der Waals surface area contributed by atoms with Gasteiger partial charge in [-0.15, -0.1) is 0 Å². The monoisotopic (exact) mass is 315 g/mol. The van der Waals surface area contributed by atoms with Gasteiger partial charge in [0.2, 0.25) is 5.91 Å². The molecule has 0 spiro atoms. The highest BCUT2D eigenvalue weighted by Gasteiger charge is 2.29. The zero-order chi connectivity index (χ0) is 16.4. The quantitative estimate of drug-likeness (QED) is 0.926. The van der Waals surface area contributed by atoms with Crippen molar-refractivity contribution < 1.29 is 14.3 Å². The third kappa shape index (κ3) is 2.94. The lowest BCUT2D eigenvalue weighted by atomic mass is 10.1. The van der Waals surface area contributed by atoms with Gasteiger partial charge in [-0.2, -0.15) is 0 Å². The molecule has 1 fully saturated rings. The first-order valence-electron chi connectivity index (χ1n) is 7.90. The molecule has 6 nitrogen and oxygen atoms in total. The predicted octanol–water partition coefficient (Wildman–Crippen LogP) is 1.38. The molecule has 122 valence electrons. The van der Waals surface area contributed by atoms with E-state index in [4.69, 9.17) is 10.5 Å². The topological polar surface area (TPSA) is 77.6 Å². The fraction of sp³-hybridized carbons (Fsp3) is 0.412. The summed E-state index contributed by atoms with van der Waals surface area (Å²) in [6.45, 7) is 3.97. The molecule has 3 rings (SSSR count). The Morgan fingerprint density at radius 3 is 2.87 bits per heavy atom. The Balaban J connectivity index is 1.93. The number of rotatable bonds is 4. The van der Waals surface area contributed by atoms with Gasteiger partial charge in [0, 0.05) is 30.2 Å². The molecule has 0 aliphatic carbocycles. The van der Waals surface area contributed by atoms with Crippen LogP contribution >= 0.6 is 0 Å². The minimum absolute atomic E-state index is 0.0781. The molecular formula is C17H21N3O3. The number of hydrogen-bond acceptors (Lipinski definition) is 3. The highest BCUT2D eigenvalue weighted by atomic mass is 16.5.